The van der Waals surface area contributed by atoms with Crippen LogP contribution in [0.5, 0.6) is 5.75 Å². The maximum Gasteiger partial charge on any atom is 0.115 e. The SMILES string of the molecule is [CH]=C(C)c1ccc(O)cc1. The molecule has 1 N–H and O–H groups in total. The summed E-state index contributed by atoms with van der Waals surface area (Å²) in [6.07, 6.45) is 0. The van der Waals surface area contributed by atoms with Crippen molar-refractivity contribution in [3.8, 4) is 5.75 Å². The highest BCUT2D eigenvalue weighted by atomic mass is 16.3. The highest BCUT2D eigenvalue weighted by Crippen LogP contribution is 2.14. The normalized spacial score (nSPS) is 9.30. The molecule has 0 heterocycles. The maximum atomic E-state index is 8.89. The monoisotopic (exact) mass is 133 g/mol. The molecular formula is C9H9O. The molecule has 1 radical (unpaired) electrons. The number of phenols is 1. The van der Waals surface area contributed by atoms with Crippen LogP contribution in [0.15, 0.2) is 24.3 Å². The van der Waals surface area contributed by atoms with E-state index >= 15 is 0 Å². The molecule has 1 nitrogen and oxygen atoms in total. The minimum Gasteiger partial charge on any atom is -0.508 e. The van der Waals surface area contributed by atoms with Crippen molar-refractivity contribution in [3.63, 3.8) is 0 Å². The first-order valence-corrected chi connectivity index (χ1v) is 3.08. The molecule has 51 valence electrons. The molecule has 0 aliphatic heterocycles. The Bertz CT molecular complexity index is 233. The van der Waals surface area contributed by atoms with Crippen LogP contribution in [0.4, 0.5) is 0 Å². The van der Waals surface area contributed by atoms with Crippen LogP contribution in [0.2, 0.25) is 0 Å². The number of allylic oxidation sites excluding steroid dienone is 1. The summed E-state index contributed by atoms with van der Waals surface area (Å²) in [6.45, 7) is 7.32. The molecule has 1 heteroatoms. The summed E-state index contributed by atoms with van der Waals surface area (Å²) >= 11 is 0. The zero-order valence-electron chi connectivity index (χ0n) is 5.83. The molecule has 0 saturated carbocycles. The first-order chi connectivity index (χ1) is 4.70. The predicted molar refractivity (Wildman–Crippen MR) is 41.5 cm³/mol. The third kappa shape index (κ3) is 1.38. The van der Waals surface area contributed by atoms with Crippen molar-refractivity contribution in [2.24, 2.45) is 0 Å². The summed E-state index contributed by atoms with van der Waals surface area (Å²) in [6, 6.07) is 6.80. The Morgan fingerprint density at radius 2 is 1.80 bits per heavy atom. The van der Waals surface area contributed by atoms with Gasteiger partial charge in [-0.25, -0.2) is 0 Å². The molecule has 0 unspecified atom stereocenters. The van der Waals surface area contributed by atoms with E-state index in [9.17, 15) is 0 Å². The van der Waals surface area contributed by atoms with Gasteiger partial charge in [0.2, 0.25) is 0 Å². The fourth-order valence-electron chi connectivity index (χ4n) is 0.724. The first-order valence-electron chi connectivity index (χ1n) is 3.08. The van der Waals surface area contributed by atoms with Crippen LogP contribution < -0.4 is 0 Å². The summed E-state index contributed by atoms with van der Waals surface area (Å²) in [7, 11) is 0. The third-order valence-electron chi connectivity index (χ3n) is 1.32. The molecule has 1 aromatic rings. The van der Waals surface area contributed by atoms with Crippen LogP contribution >= 0.6 is 0 Å². The van der Waals surface area contributed by atoms with Gasteiger partial charge in [-0.05, 0) is 30.2 Å². The Balaban J connectivity index is 3.00. The second-order valence-electron chi connectivity index (χ2n) is 2.23. The number of aromatic hydroxyl groups is 1. The third-order valence-corrected chi connectivity index (χ3v) is 1.32. The summed E-state index contributed by atoms with van der Waals surface area (Å²) in [5.41, 5.74) is 1.72. The Morgan fingerprint density at radius 3 is 2.20 bits per heavy atom. The maximum absolute atomic E-state index is 8.89. The lowest BCUT2D eigenvalue weighted by molar-refractivity contribution is 0.475. The fraction of sp³-hybridized carbons (Fsp3) is 0.111. The van der Waals surface area contributed by atoms with Crippen molar-refractivity contribution in [1.82, 2.24) is 0 Å². The molecule has 0 aliphatic rings. The van der Waals surface area contributed by atoms with Gasteiger partial charge in [0, 0.05) is 0 Å². The summed E-state index contributed by atoms with van der Waals surface area (Å²) in [4.78, 5) is 0. The van der Waals surface area contributed by atoms with Crippen molar-refractivity contribution in [2.75, 3.05) is 0 Å². The first kappa shape index (κ1) is 6.87. The Kier molecular flexibility index (Phi) is 1.76. The highest BCUT2D eigenvalue weighted by Gasteiger charge is 1.91. The lowest BCUT2D eigenvalue weighted by Gasteiger charge is -1.97. The van der Waals surface area contributed by atoms with Crippen LogP contribution in [0, 0.1) is 6.58 Å². The molecule has 0 aliphatic carbocycles. The van der Waals surface area contributed by atoms with Crippen molar-refractivity contribution in [1.29, 1.82) is 0 Å². The zero-order valence-corrected chi connectivity index (χ0v) is 5.83. The topological polar surface area (TPSA) is 20.2 Å². The van der Waals surface area contributed by atoms with Gasteiger partial charge >= 0.3 is 0 Å². The zero-order chi connectivity index (χ0) is 7.56. The van der Waals surface area contributed by atoms with E-state index in [-0.39, 0.29) is 5.75 Å². The van der Waals surface area contributed by atoms with Gasteiger partial charge in [0.15, 0.2) is 0 Å². The van der Waals surface area contributed by atoms with Gasteiger partial charge in [-0.1, -0.05) is 18.7 Å². The Labute approximate surface area is 60.6 Å². The second-order valence-corrected chi connectivity index (χ2v) is 2.23. The Hall–Kier alpha value is -1.24. The molecule has 10 heavy (non-hydrogen) atoms. The fourth-order valence-corrected chi connectivity index (χ4v) is 0.724. The smallest absolute Gasteiger partial charge is 0.115 e. The van der Waals surface area contributed by atoms with Crippen LogP contribution in [0.1, 0.15) is 12.5 Å². The van der Waals surface area contributed by atoms with Crippen molar-refractivity contribution >= 4 is 5.57 Å². The van der Waals surface area contributed by atoms with Gasteiger partial charge in [-0.15, -0.1) is 0 Å². The molecule has 1 aromatic carbocycles. The van der Waals surface area contributed by atoms with Gasteiger partial charge < -0.3 is 5.11 Å². The van der Waals surface area contributed by atoms with Gasteiger partial charge in [-0.3, -0.25) is 0 Å². The number of phenolic OH excluding ortho intramolecular Hbond substituents is 1. The molecule has 0 saturated heterocycles. The molecule has 1 rings (SSSR count). The molecule has 0 bridgehead atoms. The van der Waals surface area contributed by atoms with Gasteiger partial charge in [0.05, 0.1) is 0 Å². The van der Waals surface area contributed by atoms with Crippen LogP contribution in [0.3, 0.4) is 0 Å². The van der Waals surface area contributed by atoms with Gasteiger partial charge in [0.25, 0.3) is 0 Å². The second kappa shape index (κ2) is 2.56. The standard InChI is InChI=1S/C9H9O/c1-7(2)8-3-5-9(10)6-4-8/h1,3-6,10H,2H3. The van der Waals surface area contributed by atoms with E-state index in [1.807, 2.05) is 6.92 Å². The van der Waals surface area contributed by atoms with E-state index in [2.05, 4.69) is 0 Å². The molecular weight excluding hydrogens is 124 g/mol. The minimum atomic E-state index is 0.269. The molecule has 0 fully saturated rings. The Morgan fingerprint density at radius 1 is 1.30 bits per heavy atom. The van der Waals surface area contributed by atoms with Crippen molar-refractivity contribution in [2.45, 2.75) is 6.92 Å². The van der Waals surface area contributed by atoms with Gasteiger partial charge in [0.1, 0.15) is 5.75 Å². The van der Waals surface area contributed by atoms with E-state index in [4.69, 9.17) is 11.7 Å². The van der Waals surface area contributed by atoms with E-state index in [0.717, 1.165) is 11.1 Å². The van der Waals surface area contributed by atoms with Gasteiger partial charge in [-0.2, -0.15) is 0 Å². The summed E-state index contributed by atoms with van der Waals surface area (Å²) in [5, 5.41) is 8.89. The highest BCUT2D eigenvalue weighted by molar-refractivity contribution is 5.60. The summed E-state index contributed by atoms with van der Waals surface area (Å²) in [5.74, 6) is 0.269. The van der Waals surface area contributed by atoms with Crippen molar-refractivity contribution in [3.05, 3.63) is 36.4 Å². The van der Waals surface area contributed by atoms with Crippen molar-refractivity contribution < 1.29 is 5.11 Å². The average molecular weight is 133 g/mol. The van der Waals surface area contributed by atoms with Crippen LogP contribution in [0.25, 0.3) is 5.57 Å². The van der Waals surface area contributed by atoms with E-state index in [0.29, 0.717) is 0 Å². The minimum absolute atomic E-state index is 0.269. The lowest BCUT2D eigenvalue weighted by Crippen LogP contribution is -1.74. The average Bonchev–Trinajstić information content (AvgIpc) is 1.88. The molecule has 0 amide bonds. The van der Waals surface area contributed by atoms with Crippen LogP contribution in [-0.4, -0.2) is 5.11 Å². The van der Waals surface area contributed by atoms with E-state index in [1.54, 1.807) is 24.3 Å². The number of hydrogen-bond donors (Lipinski definition) is 1. The van der Waals surface area contributed by atoms with E-state index < -0.39 is 0 Å². The quantitative estimate of drug-likeness (QED) is 0.622. The molecule has 0 atom stereocenters. The molecule has 0 spiro atoms. The van der Waals surface area contributed by atoms with Crippen LogP contribution in [-0.2, 0) is 0 Å². The van der Waals surface area contributed by atoms with E-state index in [1.165, 1.54) is 0 Å². The predicted octanol–water partition coefficient (Wildman–Crippen LogP) is 2.23. The number of rotatable bonds is 1. The summed E-state index contributed by atoms with van der Waals surface area (Å²) < 4.78 is 0. The number of hydrogen-bond acceptors (Lipinski definition) is 1. The largest absolute Gasteiger partial charge is 0.508 e. The lowest BCUT2D eigenvalue weighted by atomic mass is 10.1. The molecule has 0 aromatic heterocycles. The number of benzene rings is 1.